The molecule has 0 spiro atoms. The molecule has 0 bridgehead atoms. The van der Waals surface area contributed by atoms with Gasteiger partial charge in [0.15, 0.2) is 0 Å². The van der Waals surface area contributed by atoms with Gasteiger partial charge in [-0.2, -0.15) is 5.10 Å². The van der Waals surface area contributed by atoms with E-state index in [2.05, 4.69) is 15.7 Å². The molecule has 0 saturated carbocycles. The lowest BCUT2D eigenvalue weighted by molar-refractivity contribution is 0.0954. The minimum absolute atomic E-state index is 0.191. The summed E-state index contributed by atoms with van der Waals surface area (Å²) >= 11 is 6.47. The number of rotatable bonds is 6. The van der Waals surface area contributed by atoms with Crippen LogP contribution in [0.5, 0.6) is 0 Å². The summed E-state index contributed by atoms with van der Waals surface area (Å²) in [7, 11) is 0. The van der Waals surface area contributed by atoms with Crippen LogP contribution in [0.4, 0.5) is 5.69 Å². The number of anilines is 1. The Bertz CT molecular complexity index is 1040. The van der Waals surface area contributed by atoms with Crippen molar-refractivity contribution in [1.29, 1.82) is 0 Å². The van der Waals surface area contributed by atoms with Gasteiger partial charge in [0.05, 0.1) is 17.8 Å². The van der Waals surface area contributed by atoms with Gasteiger partial charge in [0.25, 0.3) is 11.8 Å². The molecule has 150 valence electrons. The Morgan fingerprint density at radius 1 is 1.07 bits per heavy atom. The van der Waals surface area contributed by atoms with Crippen LogP contribution in [-0.4, -0.2) is 28.1 Å². The zero-order chi connectivity index (χ0) is 21.0. The maximum Gasteiger partial charge on any atom is 0.260 e. The Labute approximate surface area is 174 Å². The number of amides is 2. The molecule has 7 heteroatoms. The zero-order valence-electron chi connectivity index (χ0n) is 16.6. The molecule has 3 aromatic rings. The fraction of sp³-hybridized carbons (Fsp3) is 0.227. The first-order valence-electron chi connectivity index (χ1n) is 9.37. The van der Waals surface area contributed by atoms with Gasteiger partial charge in [0.1, 0.15) is 5.15 Å². The summed E-state index contributed by atoms with van der Waals surface area (Å²) in [4.78, 5) is 24.8. The second-order valence-corrected chi connectivity index (χ2v) is 7.15. The minimum atomic E-state index is -0.365. The molecule has 0 aliphatic heterocycles. The zero-order valence-corrected chi connectivity index (χ0v) is 17.4. The van der Waals surface area contributed by atoms with Gasteiger partial charge in [0.2, 0.25) is 0 Å². The van der Waals surface area contributed by atoms with E-state index in [-0.39, 0.29) is 17.0 Å². The molecule has 6 nitrogen and oxygen atoms in total. The van der Waals surface area contributed by atoms with Crippen LogP contribution in [0.1, 0.15) is 44.5 Å². The first kappa shape index (κ1) is 20.6. The number of carbonyl (C=O) groups excluding carboxylic acids is 2. The summed E-state index contributed by atoms with van der Waals surface area (Å²) in [5.41, 5.74) is 4.07. The van der Waals surface area contributed by atoms with E-state index in [9.17, 15) is 9.59 Å². The predicted octanol–water partition coefficient (Wildman–Crippen LogP) is 4.20. The normalized spacial score (nSPS) is 10.6. The molecular weight excluding hydrogens is 388 g/mol. The third kappa shape index (κ3) is 4.84. The number of aryl methyl sites for hydroxylation is 2. The Hall–Kier alpha value is -3.12. The Morgan fingerprint density at radius 3 is 2.48 bits per heavy atom. The van der Waals surface area contributed by atoms with Gasteiger partial charge >= 0.3 is 0 Å². The van der Waals surface area contributed by atoms with E-state index in [1.165, 1.54) is 5.56 Å². The molecule has 1 aromatic heterocycles. The molecule has 0 radical (unpaired) electrons. The molecule has 0 unspecified atom stereocenters. The molecule has 0 saturated heterocycles. The quantitative estimate of drug-likeness (QED) is 0.639. The van der Waals surface area contributed by atoms with Crippen molar-refractivity contribution in [3.05, 3.63) is 81.6 Å². The fourth-order valence-electron chi connectivity index (χ4n) is 2.98. The molecule has 0 atom stereocenters. The minimum Gasteiger partial charge on any atom is -0.352 e. The monoisotopic (exact) mass is 410 g/mol. The molecular formula is C22H23ClN4O2. The molecule has 0 aliphatic rings. The largest absolute Gasteiger partial charge is 0.352 e. The summed E-state index contributed by atoms with van der Waals surface area (Å²) in [5.74, 6) is -0.556. The van der Waals surface area contributed by atoms with Crippen LogP contribution >= 0.6 is 11.6 Å². The van der Waals surface area contributed by atoms with Crippen molar-refractivity contribution in [2.24, 2.45) is 0 Å². The van der Waals surface area contributed by atoms with Gasteiger partial charge < -0.3 is 10.6 Å². The number of aromatic nitrogens is 2. The first-order valence-corrected chi connectivity index (χ1v) is 9.75. The molecule has 0 aliphatic carbocycles. The van der Waals surface area contributed by atoms with Crippen molar-refractivity contribution < 1.29 is 9.59 Å². The van der Waals surface area contributed by atoms with Crippen LogP contribution < -0.4 is 10.6 Å². The molecule has 1 heterocycles. The second-order valence-electron chi connectivity index (χ2n) is 6.79. The number of nitrogens with zero attached hydrogens (tertiary/aromatic N) is 2. The lowest BCUT2D eigenvalue weighted by Crippen LogP contribution is -2.22. The van der Waals surface area contributed by atoms with E-state index >= 15 is 0 Å². The van der Waals surface area contributed by atoms with Gasteiger partial charge in [-0.15, -0.1) is 0 Å². The molecule has 2 aromatic carbocycles. The first-order chi connectivity index (χ1) is 13.9. The van der Waals surface area contributed by atoms with Gasteiger partial charge in [0, 0.05) is 17.8 Å². The molecule has 3 rings (SSSR count). The Balaban J connectivity index is 1.79. The van der Waals surface area contributed by atoms with E-state index in [0.29, 0.717) is 35.6 Å². The number of benzene rings is 2. The van der Waals surface area contributed by atoms with Gasteiger partial charge in [-0.1, -0.05) is 47.5 Å². The van der Waals surface area contributed by atoms with E-state index in [1.807, 2.05) is 38.1 Å². The summed E-state index contributed by atoms with van der Waals surface area (Å²) in [6.07, 6.45) is 0. The highest BCUT2D eigenvalue weighted by Gasteiger charge is 2.21. The topological polar surface area (TPSA) is 76.0 Å². The highest BCUT2D eigenvalue weighted by Crippen LogP contribution is 2.23. The molecule has 2 amide bonds. The summed E-state index contributed by atoms with van der Waals surface area (Å²) < 4.78 is 1.61. The van der Waals surface area contributed by atoms with E-state index < -0.39 is 0 Å². The number of hydrogen-bond acceptors (Lipinski definition) is 3. The summed E-state index contributed by atoms with van der Waals surface area (Å²) in [5, 5.41) is 10.2. The maximum absolute atomic E-state index is 12.8. The second kappa shape index (κ2) is 8.92. The lowest BCUT2D eigenvalue weighted by atomic mass is 10.1. The van der Waals surface area contributed by atoms with Crippen molar-refractivity contribution in [2.75, 3.05) is 11.9 Å². The van der Waals surface area contributed by atoms with E-state index in [4.69, 9.17) is 11.6 Å². The third-order valence-corrected chi connectivity index (χ3v) is 4.85. The van der Waals surface area contributed by atoms with Gasteiger partial charge in [-0.25, -0.2) is 4.68 Å². The number of hydrogen-bond donors (Lipinski definition) is 2. The van der Waals surface area contributed by atoms with Crippen LogP contribution in [0.3, 0.4) is 0 Å². The number of carbonyl (C=O) groups is 2. The third-order valence-electron chi connectivity index (χ3n) is 4.47. The molecule has 0 fully saturated rings. The standard InChI is InChI=1S/C22H23ClN4O2/c1-4-24-21(28)17-6-5-7-18(12-17)25-22(29)19-15(3)26-27(20(19)23)13-16-10-8-14(2)9-11-16/h5-12H,4,13H2,1-3H3,(H,24,28)(H,25,29). The average molecular weight is 411 g/mol. The van der Waals surface area contributed by atoms with Gasteiger partial charge in [-0.05, 0) is 44.5 Å². The molecule has 2 N–H and O–H groups in total. The summed E-state index contributed by atoms with van der Waals surface area (Å²) in [6.45, 7) is 6.63. The fourth-order valence-corrected chi connectivity index (χ4v) is 3.30. The van der Waals surface area contributed by atoms with E-state index in [0.717, 1.165) is 5.56 Å². The Morgan fingerprint density at radius 2 is 1.79 bits per heavy atom. The van der Waals surface area contributed by atoms with Crippen molar-refractivity contribution >= 4 is 29.1 Å². The lowest BCUT2D eigenvalue weighted by Gasteiger charge is -2.08. The van der Waals surface area contributed by atoms with Crippen LogP contribution in [0.25, 0.3) is 0 Å². The van der Waals surface area contributed by atoms with Crippen molar-refractivity contribution in [3.8, 4) is 0 Å². The summed E-state index contributed by atoms with van der Waals surface area (Å²) in [6, 6.07) is 14.8. The van der Waals surface area contributed by atoms with Crippen LogP contribution in [-0.2, 0) is 6.54 Å². The SMILES string of the molecule is CCNC(=O)c1cccc(NC(=O)c2c(C)nn(Cc3ccc(C)cc3)c2Cl)c1. The van der Waals surface area contributed by atoms with Crippen LogP contribution in [0, 0.1) is 13.8 Å². The van der Waals surface area contributed by atoms with E-state index in [1.54, 1.807) is 35.9 Å². The average Bonchev–Trinajstić information content (AvgIpc) is 2.97. The highest BCUT2D eigenvalue weighted by molar-refractivity contribution is 6.33. The van der Waals surface area contributed by atoms with Crippen molar-refractivity contribution in [1.82, 2.24) is 15.1 Å². The van der Waals surface area contributed by atoms with Crippen LogP contribution in [0.2, 0.25) is 5.15 Å². The van der Waals surface area contributed by atoms with Crippen LogP contribution in [0.15, 0.2) is 48.5 Å². The van der Waals surface area contributed by atoms with Crippen molar-refractivity contribution in [2.45, 2.75) is 27.3 Å². The number of nitrogens with one attached hydrogen (secondary N) is 2. The predicted molar refractivity (Wildman–Crippen MR) is 115 cm³/mol. The molecule has 29 heavy (non-hydrogen) atoms. The van der Waals surface area contributed by atoms with Gasteiger partial charge in [-0.3, -0.25) is 9.59 Å². The Kier molecular flexibility index (Phi) is 6.34. The maximum atomic E-state index is 12.8. The smallest absolute Gasteiger partial charge is 0.260 e. The number of halogens is 1. The highest BCUT2D eigenvalue weighted by atomic mass is 35.5. The van der Waals surface area contributed by atoms with Crippen molar-refractivity contribution in [3.63, 3.8) is 0 Å².